The number of sulfonamides is 1. The topological polar surface area (TPSA) is 92.4 Å². The minimum atomic E-state index is -3.71. The maximum atomic E-state index is 11.8. The lowest BCUT2D eigenvalue weighted by Gasteiger charge is -2.09. The molecule has 2 aromatic heterocycles. The molecule has 0 radical (unpaired) electrons. The smallest absolute Gasteiger partial charge is 0.258 e. The highest BCUT2D eigenvalue weighted by Crippen LogP contribution is 2.13. The van der Waals surface area contributed by atoms with E-state index in [-0.39, 0.29) is 11.6 Å². The standard InChI is InChI=1S/C11H12N2O4S/c14-9(10-4-3-7-17-10)8-13-18(15,16)11-5-1-2-6-12-11/h1-7,9,13-14H,8H2. The lowest BCUT2D eigenvalue weighted by atomic mass is 10.3. The number of furan rings is 1. The van der Waals surface area contributed by atoms with Crippen LogP contribution in [0.2, 0.25) is 0 Å². The first-order valence-corrected chi connectivity index (χ1v) is 6.70. The van der Waals surface area contributed by atoms with Crippen molar-refractivity contribution in [1.29, 1.82) is 0 Å². The Hall–Kier alpha value is -1.70. The highest BCUT2D eigenvalue weighted by atomic mass is 32.2. The van der Waals surface area contributed by atoms with E-state index in [2.05, 4.69) is 9.71 Å². The van der Waals surface area contributed by atoms with Gasteiger partial charge in [0.05, 0.1) is 6.26 Å². The molecule has 6 nitrogen and oxygen atoms in total. The molecule has 0 aliphatic carbocycles. The maximum absolute atomic E-state index is 11.8. The lowest BCUT2D eigenvalue weighted by molar-refractivity contribution is 0.154. The summed E-state index contributed by atoms with van der Waals surface area (Å²) >= 11 is 0. The van der Waals surface area contributed by atoms with Gasteiger partial charge in [-0.3, -0.25) is 0 Å². The van der Waals surface area contributed by atoms with Crippen LogP contribution in [0.5, 0.6) is 0 Å². The van der Waals surface area contributed by atoms with Crippen LogP contribution in [0, 0.1) is 0 Å². The predicted octanol–water partition coefficient (Wildman–Crippen LogP) is 0.686. The molecule has 0 saturated carbocycles. The summed E-state index contributed by atoms with van der Waals surface area (Å²) in [4.78, 5) is 3.74. The van der Waals surface area contributed by atoms with Crippen molar-refractivity contribution in [3.05, 3.63) is 48.6 Å². The molecule has 2 N–H and O–H groups in total. The van der Waals surface area contributed by atoms with Crippen LogP contribution in [0.1, 0.15) is 11.9 Å². The summed E-state index contributed by atoms with van der Waals surface area (Å²) in [6, 6.07) is 7.76. The van der Waals surface area contributed by atoms with Gasteiger partial charge in [-0.05, 0) is 24.3 Å². The largest absolute Gasteiger partial charge is 0.467 e. The van der Waals surface area contributed by atoms with Crippen molar-refractivity contribution in [2.45, 2.75) is 11.1 Å². The molecule has 0 aliphatic rings. The van der Waals surface area contributed by atoms with E-state index in [4.69, 9.17) is 4.42 Å². The summed E-state index contributed by atoms with van der Waals surface area (Å²) in [6.45, 7) is -0.174. The summed E-state index contributed by atoms with van der Waals surface area (Å²) in [5.74, 6) is 0.304. The molecular weight excluding hydrogens is 256 g/mol. The van der Waals surface area contributed by atoms with Crippen LogP contribution in [0.25, 0.3) is 0 Å². The summed E-state index contributed by atoms with van der Waals surface area (Å²) in [5, 5.41) is 9.59. The van der Waals surface area contributed by atoms with Crippen molar-refractivity contribution >= 4 is 10.0 Å². The van der Waals surface area contributed by atoms with E-state index in [1.807, 2.05) is 0 Å². The third-order valence-electron chi connectivity index (χ3n) is 2.25. The summed E-state index contributed by atoms with van der Waals surface area (Å²) in [6.07, 6.45) is 1.77. The second kappa shape index (κ2) is 5.30. The molecule has 2 heterocycles. The van der Waals surface area contributed by atoms with E-state index in [0.29, 0.717) is 5.76 Å². The molecule has 2 rings (SSSR count). The van der Waals surface area contributed by atoms with Gasteiger partial charge in [-0.15, -0.1) is 0 Å². The number of nitrogens with one attached hydrogen (secondary N) is 1. The zero-order valence-electron chi connectivity index (χ0n) is 9.35. The Kier molecular flexibility index (Phi) is 3.75. The van der Waals surface area contributed by atoms with Crippen molar-refractivity contribution in [3.63, 3.8) is 0 Å². The van der Waals surface area contributed by atoms with Crippen molar-refractivity contribution < 1.29 is 17.9 Å². The molecule has 1 unspecified atom stereocenters. The molecule has 0 bridgehead atoms. The third-order valence-corrected chi connectivity index (χ3v) is 3.59. The molecule has 7 heteroatoms. The number of aliphatic hydroxyl groups is 1. The first-order valence-electron chi connectivity index (χ1n) is 5.22. The van der Waals surface area contributed by atoms with E-state index in [1.54, 1.807) is 24.3 Å². The minimum absolute atomic E-state index is 0.0864. The van der Waals surface area contributed by atoms with Crippen LogP contribution >= 0.6 is 0 Å². The second-order valence-corrected chi connectivity index (χ2v) is 5.26. The summed E-state index contributed by atoms with van der Waals surface area (Å²) < 4.78 is 30.8. The molecule has 0 aromatic carbocycles. The lowest BCUT2D eigenvalue weighted by Crippen LogP contribution is -2.29. The molecule has 0 amide bonds. The number of hydrogen-bond donors (Lipinski definition) is 2. The Morgan fingerprint density at radius 2 is 2.17 bits per heavy atom. The fourth-order valence-electron chi connectivity index (χ4n) is 1.35. The van der Waals surface area contributed by atoms with Gasteiger partial charge in [0.1, 0.15) is 11.9 Å². The molecular formula is C11H12N2O4S. The zero-order valence-corrected chi connectivity index (χ0v) is 10.2. The van der Waals surface area contributed by atoms with Gasteiger partial charge in [-0.25, -0.2) is 18.1 Å². The average Bonchev–Trinajstić information content (AvgIpc) is 2.91. The SMILES string of the molecule is O=S(=O)(NCC(O)c1ccco1)c1ccccn1. The molecule has 0 aliphatic heterocycles. The molecule has 0 spiro atoms. The van der Waals surface area contributed by atoms with Crippen LogP contribution in [-0.4, -0.2) is 25.1 Å². The summed E-state index contributed by atoms with van der Waals surface area (Å²) in [7, 11) is -3.71. The fraction of sp³-hybridized carbons (Fsp3) is 0.182. The number of pyridine rings is 1. The highest BCUT2D eigenvalue weighted by Gasteiger charge is 2.18. The number of rotatable bonds is 5. The van der Waals surface area contributed by atoms with Gasteiger partial charge in [-0.1, -0.05) is 6.07 Å². The minimum Gasteiger partial charge on any atom is -0.467 e. The van der Waals surface area contributed by atoms with Crippen LogP contribution in [0.4, 0.5) is 0 Å². The van der Waals surface area contributed by atoms with Crippen LogP contribution in [0.3, 0.4) is 0 Å². The van der Waals surface area contributed by atoms with E-state index >= 15 is 0 Å². The van der Waals surface area contributed by atoms with E-state index in [1.165, 1.54) is 18.5 Å². The second-order valence-electron chi connectivity index (χ2n) is 3.55. The Labute approximate surface area is 104 Å². The molecule has 96 valence electrons. The number of aliphatic hydroxyl groups excluding tert-OH is 1. The van der Waals surface area contributed by atoms with Crippen LogP contribution < -0.4 is 4.72 Å². The molecule has 1 atom stereocenters. The Bertz CT molecular complexity index is 581. The van der Waals surface area contributed by atoms with Crippen molar-refractivity contribution in [3.8, 4) is 0 Å². The van der Waals surface area contributed by atoms with Crippen molar-refractivity contribution in [1.82, 2.24) is 9.71 Å². The Morgan fingerprint density at radius 1 is 1.33 bits per heavy atom. The van der Waals surface area contributed by atoms with Gasteiger partial charge in [0, 0.05) is 12.7 Å². The molecule has 2 aromatic rings. The molecule has 0 fully saturated rings. The van der Waals surface area contributed by atoms with Crippen molar-refractivity contribution in [2.24, 2.45) is 0 Å². The first kappa shape index (κ1) is 12.7. The van der Waals surface area contributed by atoms with Gasteiger partial charge in [0.15, 0.2) is 5.03 Å². The van der Waals surface area contributed by atoms with E-state index in [0.717, 1.165) is 0 Å². The van der Waals surface area contributed by atoms with Gasteiger partial charge in [-0.2, -0.15) is 0 Å². The van der Waals surface area contributed by atoms with Crippen LogP contribution in [0.15, 0.2) is 52.2 Å². The first-order chi connectivity index (χ1) is 8.59. The zero-order chi connectivity index (χ0) is 13.0. The van der Waals surface area contributed by atoms with E-state index < -0.39 is 16.1 Å². The summed E-state index contributed by atoms with van der Waals surface area (Å²) in [5.41, 5.74) is 0. The van der Waals surface area contributed by atoms with Gasteiger partial charge >= 0.3 is 0 Å². The Morgan fingerprint density at radius 3 is 2.78 bits per heavy atom. The monoisotopic (exact) mass is 268 g/mol. The normalized spacial score (nSPS) is 13.4. The van der Waals surface area contributed by atoms with Gasteiger partial charge in [0.2, 0.25) is 0 Å². The third kappa shape index (κ3) is 2.95. The molecule has 18 heavy (non-hydrogen) atoms. The van der Waals surface area contributed by atoms with Crippen LogP contribution in [-0.2, 0) is 10.0 Å². The highest BCUT2D eigenvalue weighted by molar-refractivity contribution is 7.89. The van der Waals surface area contributed by atoms with E-state index in [9.17, 15) is 13.5 Å². The number of hydrogen-bond acceptors (Lipinski definition) is 5. The van der Waals surface area contributed by atoms with Gasteiger partial charge < -0.3 is 9.52 Å². The fourth-order valence-corrected chi connectivity index (χ4v) is 2.33. The number of aromatic nitrogens is 1. The maximum Gasteiger partial charge on any atom is 0.258 e. The Balaban J connectivity index is 2.02. The molecule has 0 saturated heterocycles. The number of nitrogens with zero attached hydrogens (tertiary/aromatic N) is 1. The predicted molar refractivity (Wildman–Crippen MR) is 63.1 cm³/mol. The average molecular weight is 268 g/mol. The van der Waals surface area contributed by atoms with Crippen molar-refractivity contribution in [2.75, 3.05) is 6.54 Å². The van der Waals surface area contributed by atoms with Gasteiger partial charge in [0.25, 0.3) is 10.0 Å². The quantitative estimate of drug-likeness (QED) is 0.832.